The van der Waals surface area contributed by atoms with E-state index in [0.717, 1.165) is 0 Å². The van der Waals surface area contributed by atoms with Crippen LogP contribution in [0.15, 0.2) is 12.1 Å². The van der Waals surface area contributed by atoms with Gasteiger partial charge in [0.2, 0.25) is 5.88 Å². The van der Waals surface area contributed by atoms with Crippen LogP contribution >= 0.6 is 23.2 Å². The van der Waals surface area contributed by atoms with E-state index in [4.69, 9.17) is 38.9 Å². The van der Waals surface area contributed by atoms with Gasteiger partial charge in [-0.25, -0.2) is 4.68 Å². The number of hydrogen-bond donors (Lipinski definition) is 1. The van der Waals surface area contributed by atoms with E-state index in [2.05, 4.69) is 5.10 Å². The van der Waals surface area contributed by atoms with Crippen molar-refractivity contribution in [1.82, 2.24) is 9.78 Å². The summed E-state index contributed by atoms with van der Waals surface area (Å²) in [7, 11) is 1.51. The lowest BCUT2D eigenvalue weighted by molar-refractivity contribution is 0.343. The minimum absolute atomic E-state index is 0.190. The van der Waals surface area contributed by atoms with Gasteiger partial charge in [0.1, 0.15) is 5.54 Å². The Hall–Kier alpha value is -1.48. The zero-order valence-electron chi connectivity index (χ0n) is 10.4. The van der Waals surface area contributed by atoms with Gasteiger partial charge >= 0.3 is 0 Å². The molecule has 0 bridgehead atoms. The van der Waals surface area contributed by atoms with Crippen LogP contribution in [0.5, 0.6) is 5.88 Å². The highest BCUT2D eigenvalue weighted by Crippen LogP contribution is 2.35. The highest BCUT2D eigenvalue weighted by Gasteiger charge is 2.23. The summed E-state index contributed by atoms with van der Waals surface area (Å²) in [6, 6.07) is 5.31. The number of fused-ring (bicyclic) bond motifs is 1. The van der Waals surface area contributed by atoms with Crippen LogP contribution in [0.2, 0.25) is 10.0 Å². The number of halogens is 2. The molecule has 2 aromatic rings. The summed E-state index contributed by atoms with van der Waals surface area (Å²) in [5.41, 5.74) is 5.37. The van der Waals surface area contributed by atoms with E-state index in [9.17, 15) is 0 Å². The van der Waals surface area contributed by atoms with E-state index in [1.54, 1.807) is 19.1 Å². The molecule has 19 heavy (non-hydrogen) atoms. The maximum absolute atomic E-state index is 8.99. The van der Waals surface area contributed by atoms with Gasteiger partial charge in [0.25, 0.3) is 0 Å². The van der Waals surface area contributed by atoms with Gasteiger partial charge in [-0.05, 0) is 19.1 Å². The van der Waals surface area contributed by atoms with Gasteiger partial charge < -0.3 is 10.5 Å². The Kier molecular flexibility index (Phi) is 3.59. The fraction of sp³-hybridized carbons (Fsp3) is 0.333. The molecule has 0 radical (unpaired) electrons. The van der Waals surface area contributed by atoms with Crippen molar-refractivity contribution in [3.8, 4) is 11.9 Å². The van der Waals surface area contributed by atoms with Crippen molar-refractivity contribution in [3.63, 3.8) is 0 Å². The van der Waals surface area contributed by atoms with Crippen LogP contribution in [0, 0.1) is 11.3 Å². The van der Waals surface area contributed by atoms with Gasteiger partial charge in [-0.1, -0.05) is 23.2 Å². The summed E-state index contributed by atoms with van der Waals surface area (Å²) in [6.45, 7) is 1.81. The quantitative estimate of drug-likeness (QED) is 0.945. The number of nitrogens with zero attached hydrogens (tertiary/aromatic N) is 3. The first-order valence-corrected chi connectivity index (χ1v) is 6.23. The molecule has 0 aliphatic rings. The van der Waals surface area contributed by atoms with Crippen molar-refractivity contribution < 1.29 is 4.74 Å². The summed E-state index contributed by atoms with van der Waals surface area (Å²) >= 11 is 12.1. The van der Waals surface area contributed by atoms with Crippen LogP contribution in [0.1, 0.15) is 6.92 Å². The Morgan fingerprint density at radius 3 is 2.79 bits per heavy atom. The largest absolute Gasteiger partial charge is 0.481 e. The molecule has 0 saturated heterocycles. The highest BCUT2D eigenvalue weighted by atomic mass is 35.5. The molecular weight excluding hydrogens is 287 g/mol. The van der Waals surface area contributed by atoms with Gasteiger partial charge in [-0.3, -0.25) is 0 Å². The molecule has 0 spiro atoms. The van der Waals surface area contributed by atoms with E-state index in [0.29, 0.717) is 26.8 Å². The smallest absolute Gasteiger partial charge is 0.221 e. The number of benzene rings is 1. The molecule has 100 valence electrons. The zero-order chi connectivity index (χ0) is 14.2. The van der Waals surface area contributed by atoms with Crippen LogP contribution in [0.4, 0.5) is 0 Å². The zero-order valence-corrected chi connectivity index (χ0v) is 12.0. The van der Waals surface area contributed by atoms with Gasteiger partial charge in [-0.15, -0.1) is 0 Å². The standard InChI is InChI=1S/C12H12Cl2N4O/c1-12(16,5-15)6-18-11(19-2)10-8(14)3-7(13)4-9(10)17-18/h3-4H,6,16H2,1-2H3. The first kappa shape index (κ1) is 13.9. The van der Waals surface area contributed by atoms with E-state index in [-0.39, 0.29) is 6.54 Å². The van der Waals surface area contributed by atoms with Crippen molar-refractivity contribution in [3.05, 3.63) is 22.2 Å². The number of nitrogens with two attached hydrogens (primary N) is 1. The monoisotopic (exact) mass is 298 g/mol. The van der Waals surface area contributed by atoms with Gasteiger partial charge in [-0.2, -0.15) is 10.4 Å². The van der Waals surface area contributed by atoms with Crippen molar-refractivity contribution in [2.75, 3.05) is 7.11 Å². The lowest BCUT2D eigenvalue weighted by Gasteiger charge is -2.16. The van der Waals surface area contributed by atoms with Crippen LogP contribution in [-0.4, -0.2) is 22.4 Å². The van der Waals surface area contributed by atoms with Gasteiger partial charge in [0.15, 0.2) is 0 Å². The van der Waals surface area contributed by atoms with E-state index in [1.807, 2.05) is 6.07 Å². The molecule has 1 unspecified atom stereocenters. The summed E-state index contributed by atoms with van der Waals surface area (Å²) in [5.74, 6) is 0.462. The molecule has 7 heteroatoms. The third-order valence-electron chi connectivity index (χ3n) is 2.64. The maximum atomic E-state index is 8.99. The molecule has 1 atom stereocenters. The fourth-order valence-corrected chi connectivity index (χ4v) is 2.38. The molecule has 2 rings (SSSR count). The average molecular weight is 299 g/mol. The van der Waals surface area contributed by atoms with Crippen LogP contribution in [0.25, 0.3) is 10.9 Å². The summed E-state index contributed by atoms with van der Waals surface area (Å²) in [4.78, 5) is 0. The molecule has 2 N–H and O–H groups in total. The number of methoxy groups -OCH3 is 1. The molecule has 0 aliphatic carbocycles. The third kappa shape index (κ3) is 2.61. The lowest BCUT2D eigenvalue weighted by Crippen LogP contribution is -2.39. The summed E-state index contributed by atoms with van der Waals surface area (Å²) < 4.78 is 6.84. The Morgan fingerprint density at radius 1 is 1.53 bits per heavy atom. The molecule has 0 saturated carbocycles. The Labute approximate surface area is 120 Å². The van der Waals surface area contributed by atoms with Crippen LogP contribution in [-0.2, 0) is 6.54 Å². The van der Waals surface area contributed by atoms with Crippen molar-refractivity contribution in [2.45, 2.75) is 19.0 Å². The van der Waals surface area contributed by atoms with E-state index < -0.39 is 5.54 Å². The second kappa shape index (κ2) is 4.89. The second-order valence-electron chi connectivity index (χ2n) is 4.48. The Bertz CT molecular complexity index is 672. The predicted molar refractivity (Wildman–Crippen MR) is 74.5 cm³/mol. The SMILES string of the molecule is COc1c2c(Cl)cc(Cl)cc2nn1CC(C)(N)C#N. The highest BCUT2D eigenvalue weighted by molar-refractivity contribution is 6.38. The average Bonchev–Trinajstić information content (AvgIpc) is 2.65. The summed E-state index contributed by atoms with van der Waals surface area (Å²) in [6.07, 6.45) is 0. The van der Waals surface area contributed by atoms with E-state index in [1.165, 1.54) is 11.8 Å². The number of nitriles is 1. The summed E-state index contributed by atoms with van der Waals surface area (Å²) in [5, 5.41) is 14.9. The molecule has 1 aromatic carbocycles. The van der Waals surface area contributed by atoms with E-state index >= 15 is 0 Å². The topological polar surface area (TPSA) is 76.9 Å². The predicted octanol–water partition coefficient (Wildman–Crippen LogP) is 2.59. The Balaban J connectivity index is 2.63. The van der Waals surface area contributed by atoms with Gasteiger partial charge in [0, 0.05) is 5.02 Å². The maximum Gasteiger partial charge on any atom is 0.221 e. The second-order valence-corrected chi connectivity index (χ2v) is 5.32. The van der Waals surface area contributed by atoms with Crippen molar-refractivity contribution >= 4 is 34.1 Å². The molecule has 5 nitrogen and oxygen atoms in total. The molecular formula is C12H12Cl2N4O. The van der Waals surface area contributed by atoms with Crippen LogP contribution in [0.3, 0.4) is 0 Å². The van der Waals surface area contributed by atoms with Gasteiger partial charge in [0.05, 0.1) is 35.6 Å². The first-order valence-electron chi connectivity index (χ1n) is 5.47. The number of rotatable bonds is 3. The normalized spacial score (nSPS) is 14.1. The molecule has 0 amide bonds. The minimum Gasteiger partial charge on any atom is -0.481 e. The number of aromatic nitrogens is 2. The molecule has 0 aliphatic heterocycles. The minimum atomic E-state index is -1.05. The van der Waals surface area contributed by atoms with Crippen molar-refractivity contribution in [2.24, 2.45) is 5.73 Å². The number of ether oxygens (including phenoxy) is 1. The molecule has 1 aromatic heterocycles. The molecule has 0 fully saturated rings. The number of hydrogen-bond acceptors (Lipinski definition) is 4. The third-order valence-corrected chi connectivity index (χ3v) is 3.15. The Morgan fingerprint density at radius 2 is 2.21 bits per heavy atom. The van der Waals surface area contributed by atoms with Crippen LogP contribution < -0.4 is 10.5 Å². The van der Waals surface area contributed by atoms with Crippen molar-refractivity contribution in [1.29, 1.82) is 5.26 Å². The fourth-order valence-electron chi connectivity index (χ4n) is 1.82. The first-order chi connectivity index (χ1) is 8.88. The molecule has 1 heterocycles. The lowest BCUT2D eigenvalue weighted by atomic mass is 10.1.